The van der Waals surface area contributed by atoms with E-state index in [-0.39, 0.29) is 23.6 Å². The average Bonchev–Trinajstić information content (AvgIpc) is 2.60. The molecule has 66 valence electrons. The number of ether oxygens (including phenoxy) is 1. The molecule has 3 nitrogen and oxygen atoms in total. The standard InChI is InChI=1S/C9H12O3/c1-12-9(11)7-3-5-2-6(7)8(10)4-5/h5-7H,2-4H2,1H3/t5-,6+,7+/m0/s1. The summed E-state index contributed by atoms with van der Waals surface area (Å²) in [6.45, 7) is 0. The molecule has 12 heavy (non-hydrogen) atoms. The third-order valence-corrected chi connectivity index (χ3v) is 3.07. The second-order valence-electron chi connectivity index (χ2n) is 3.74. The molecule has 3 heteroatoms. The monoisotopic (exact) mass is 168 g/mol. The Hall–Kier alpha value is -0.860. The summed E-state index contributed by atoms with van der Waals surface area (Å²) in [6, 6.07) is 0. The van der Waals surface area contributed by atoms with E-state index >= 15 is 0 Å². The van der Waals surface area contributed by atoms with Crippen LogP contribution in [0.1, 0.15) is 19.3 Å². The minimum absolute atomic E-state index is 0.0116. The summed E-state index contributed by atoms with van der Waals surface area (Å²) in [5, 5.41) is 0. The van der Waals surface area contributed by atoms with Crippen molar-refractivity contribution in [2.45, 2.75) is 19.3 Å². The first kappa shape index (κ1) is 7.77. The number of Topliss-reactive ketones (excluding diaryl/α,β-unsaturated/α-hetero) is 1. The fraction of sp³-hybridized carbons (Fsp3) is 0.778. The number of carbonyl (C=O) groups is 2. The van der Waals surface area contributed by atoms with Crippen LogP contribution in [0.25, 0.3) is 0 Å². The second-order valence-corrected chi connectivity index (χ2v) is 3.74. The SMILES string of the molecule is COC(=O)[C@@H]1C[C@H]2CC(=O)[C@@H]1C2. The van der Waals surface area contributed by atoms with E-state index in [0.29, 0.717) is 12.3 Å². The van der Waals surface area contributed by atoms with Gasteiger partial charge in [0, 0.05) is 12.3 Å². The van der Waals surface area contributed by atoms with Crippen LogP contribution in [-0.2, 0) is 14.3 Å². The Morgan fingerprint density at radius 3 is 2.75 bits per heavy atom. The van der Waals surface area contributed by atoms with Gasteiger partial charge in [0.05, 0.1) is 13.0 Å². The lowest BCUT2D eigenvalue weighted by Crippen LogP contribution is -2.27. The highest BCUT2D eigenvalue weighted by molar-refractivity contribution is 5.90. The van der Waals surface area contributed by atoms with Crippen LogP contribution in [0.3, 0.4) is 0 Å². The van der Waals surface area contributed by atoms with Gasteiger partial charge >= 0.3 is 5.97 Å². The van der Waals surface area contributed by atoms with Gasteiger partial charge < -0.3 is 4.74 Å². The summed E-state index contributed by atoms with van der Waals surface area (Å²) < 4.78 is 4.64. The number of fused-ring (bicyclic) bond motifs is 2. The van der Waals surface area contributed by atoms with Crippen LogP contribution >= 0.6 is 0 Å². The quantitative estimate of drug-likeness (QED) is 0.543. The van der Waals surface area contributed by atoms with Gasteiger partial charge in [0.2, 0.25) is 0 Å². The smallest absolute Gasteiger partial charge is 0.309 e. The Kier molecular flexibility index (Phi) is 1.67. The minimum atomic E-state index is -0.199. The fourth-order valence-corrected chi connectivity index (χ4v) is 2.51. The molecule has 0 unspecified atom stereocenters. The molecule has 0 saturated heterocycles. The maximum Gasteiger partial charge on any atom is 0.309 e. The minimum Gasteiger partial charge on any atom is -0.469 e. The van der Waals surface area contributed by atoms with Gasteiger partial charge in [-0.2, -0.15) is 0 Å². The molecule has 2 aliphatic carbocycles. The van der Waals surface area contributed by atoms with Crippen LogP contribution in [-0.4, -0.2) is 18.9 Å². The van der Waals surface area contributed by atoms with E-state index in [0.717, 1.165) is 12.8 Å². The molecule has 0 aromatic heterocycles. The van der Waals surface area contributed by atoms with Gasteiger partial charge in [0.25, 0.3) is 0 Å². The summed E-state index contributed by atoms with van der Waals surface area (Å²) >= 11 is 0. The van der Waals surface area contributed by atoms with Crippen molar-refractivity contribution in [3.05, 3.63) is 0 Å². The molecule has 2 bridgehead atoms. The van der Waals surface area contributed by atoms with Gasteiger partial charge in [0.15, 0.2) is 0 Å². The van der Waals surface area contributed by atoms with Crippen LogP contribution in [0.4, 0.5) is 0 Å². The summed E-state index contributed by atoms with van der Waals surface area (Å²) in [6.07, 6.45) is 2.47. The lowest BCUT2D eigenvalue weighted by Gasteiger charge is -2.17. The Morgan fingerprint density at radius 1 is 1.50 bits per heavy atom. The maximum absolute atomic E-state index is 11.3. The Labute approximate surface area is 71.1 Å². The zero-order chi connectivity index (χ0) is 8.72. The Balaban J connectivity index is 2.12. The number of rotatable bonds is 1. The molecule has 0 aromatic carbocycles. The first-order valence-electron chi connectivity index (χ1n) is 4.33. The number of ketones is 1. The van der Waals surface area contributed by atoms with Crippen molar-refractivity contribution in [2.75, 3.05) is 7.11 Å². The molecule has 0 amide bonds. The van der Waals surface area contributed by atoms with Crippen LogP contribution in [0.15, 0.2) is 0 Å². The van der Waals surface area contributed by atoms with E-state index < -0.39 is 0 Å². The highest BCUT2D eigenvalue weighted by Crippen LogP contribution is 2.46. The molecule has 0 aromatic rings. The van der Waals surface area contributed by atoms with Crippen molar-refractivity contribution < 1.29 is 14.3 Å². The summed E-state index contributed by atoms with van der Waals surface area (Å²) in [7, 11) is 1.39. The summed E-state index contributed by atoms with van der Waals surface area (Å²) in [5.41, 5.74) is 0. The van der Waals surface area contributed by atoms with Crippen LogP contribution in [0, 0.1) is 17.8 Å². The number of esters is 1. The van der Waals surface area contributed by atoms with E-state index in [1.165, 1.54) is 7.11 Å². The number of hydrogen-bond acceptors (Lipinski definition) is 3. The molecule has 0 N–H and O–H groups in total. The number of carbonyl (C=O) groups excluding carboxylic acids is 2. The average molecular weight is 168 g/mol. The Morgan fingerprint density at radius 2 is 2.25 bits per heavy atom. The van der Waals surface area contributed by atoms with Gasteiger partial charge in [-0.05, 0) is 18.8 Å². The van der Waals surface area contributed by atoms with Crippen LogP contribution < -0.4 is 0 Å². The third-order valence-electron chi connectivity index (χ3n) is 3.07. The summed E-state index contributed by atoms with van der Waals surface area (Å²) in [4.78, 5) is 22.4. The first-order valence-corrected chi connectivity index (χ1v) is 4.33. The van der Waals surface area contributed by atoms with Crippen molar-refractivity contribution in [1.82, 2.24) is 0 Å². The number of hydrogen-bond donors (Lipinski definition) is 0. The zero-order valence-electron chi connectivity index (χ0n) is 7.08. The zero-order valence-corrected chi connectivity index (χ0v) is 7.08. The Bertz CT molecular complexity index is 234. The van der Waals surface area contributed by atoms with E-state index in [1.807, 2.05) is 0 Å². The topological polar surface area (TPSA) is 43.4 Å². The van der Waals surface area contributed by atoms with E-state index in [1.54, 1.807) is 0 Å². The molecular formula is C9H12O3. The molecular weight excluding hydrogens is 156 g/mol. The predicted molar refractivity (Wildman–Crippen MR) is 41.3 cm³/mol. The highest BCUT2D eigenvalue weighted by Gasteiger charge is 2.48. The molecule has 2 rings (SSSR count). The molecule has 3 atom stereocenters. The molecule has 2 fully saturated rings. The van der Waals surface area contributed by atoms with E-state index in [9.17, 15) is 9.59 Å². The normalized spacial score (nSPS) is 38.8. The molecule has 0 aliphatic heterocycles. The van der Waals surface area contributed by atoms with Crippen molar-refractivity contribution in [3.8, 4) is 0 Å². The lowest BCUT2D eigenvalue weighted by molar-refractivity contribution is -0.149. The van der Waals surface area contributed by atoms with Crippen molar-refractivity contribution in [3.63, 3.8) is 0 Å². The van der Waals surface area contributed by atoms with E-state index in [2.05, 4.69) is 4.74 Å². The third kappa shape index (κ3) is 0.958. The van der Waals surface area contributed by atoms with Gasteiger partial charge in [-0.15, -0.1) is 0 Å². The van der Waals surface area contributed by atoms with Crippen LogP contribution in [0.2, 0.25) is 0 Å². The predicted octanol–water partition coefficient (Wildman–Crippen LogP) is 0.775. The molecule has 0 heterocycles. The van der Waals surface area contributed by atoms with Crippen molar-refractivity contribution in [1.29, 1.82) is 0 Å². The molecule has 0 spiro atoms. The highest BCUT2D eigenvalue weighted by atomic mass is 16.5. The van der Waals surface area contributed by atoms with E-state index in [4.69, 9.17) is 0 Å². The van der Waals surface area contributed by atoms with Gasteiger partial charge in [0.1, 0.15) is 5.78 Å². The van der Waals surface area contributed by atoms with Crippen molar-refractivity contribution >= 4 is 11.8 Å². The molecule has 0 radical (unpaired) electrons. The summed E-state index contributed by atoms with van der Waals surface area (Å²) in [5.74, 6) is 0.396. The van der Waals surface area contributed by atoms with Gasteiger partial charge in [-0.3, -0.25) is 9.59 Å². The number of methoxy groups -OCH3 is 1. The van der Waals surface area contributed by atoms with Crippen LogP contribution in [0.5, 0.6) is 0 Å². The van der Waals surface area contributed by atoms with Gasteiger partial charge in [-0.1, -0.05) is 0 Å². The second kappa shape index (κ2) is 2.57. The fourth-order valence-electron chi connectivity index (χ4n) is 2.51. The lowest BCUT2D eigenvalue weighted by atomic mass is 9.88. The molecule has 2 saturated carbocycles. The first-order chi connectivity index (χ1) is 5.72. The molecule has 2 aliphatic rings. The largest absolute Gasteiger partial charge is 0.469 e. The van der Waals surface area contributed by atoms with Crippen molar-refractivity contribution in [2.24, 2.45) is 17.8 Å². The maximum atomic E-state index is 11.3. The van der Waals surface area contributed by atoms with Gasteiger partial charge in [-0.25, -0.2) is 0 Å².